The molecule has 3 aromatic heterocycles. The second kappa shape index (κ2) is 19.6. The maximum absolute atomic E-state index is 14.2. The number of aliphatic hydroxyl groups is 1. The number of rotatable bonds is 12. The maximum atomic E-state index is 14.2. The SMILES string of the molecule is C#Cc1ccc(CNC(=O)[C@@H]2C[C@@H](O)CN2C(=O)[C@@H](NCC2CCN(CC3CCN(c4cnc(N5CCc6[nH]c7nnc(-c8ccccc8O)cc7c6[C@H]5C)nc4)CC3)CC2)C(C)(C)C)cc1. The molecule has 2 amide bonds. The molecule has 0 radical (unpaired) electrons. The molecule has 5 aromatic rings. The Morgan fingerprint density at radius 3 is 2.37 bits per heavy atom. The minimum Gasteiger partial charge on any atom is -0.507 e. The van der Waals surface area contributed by atoms with Crippen molar-refractivity contribution in [3.63, 3.8) is 0 Å². The number of likely N-dealkylation sites (tertiary alicyclic amines) is 2. The van der Waals surface area contributed by atoms with E-state index < -0.39 is 18.2 Å². The third-order valence-electron chi connectivity index (χ3n) is 14.6. The number of aliphatic hydroxyl groups excluding tert-OH is 1. The molecule has 0 aliphatic carbocycles. The van der Waals surface area contributed by atoms with Crippen molar-refractivity contribution in [3.05, 3.63) is 89.4 Å². The highest BCUT2D eigenvalue weighted by molar-refractivity contribution is 5.91. The van der Waals surface area contributed by atoms with Gasteiger partial charge in [-0.25, -0.2) is 9.97 Å². The number of β-amino-alcohol motifs (C(OH)–C–C–N with tert-alkyl or cyclic N) is 1. The average molecular weight is 908 g/mol. The zero-order chi connectivity index (χ0) is 46.8. The molecule has 4 atom stereocenters. The first kappa shape index (κ1) is 46.0. The Bertz CT molecular complexity index is 2570. The van der Waals surface area contributed by atoms with E-state index in [4.69, 9.17) is 16.4 Å². The molecular weight excluding hydrogens is 843 g/mol. The van der Waals surface area contributed by atoms with E-state index in [1.165, 1.54) is 5.56 Å². The molecule has 0 bridgehead atoms. The van der Waals surface area contributed by atoms with Crippen molar-refractivity contribution in [1.29, 1.82) is 0 Å². The number of fused-ring (bicyclic) bond motifs is 3. The van der Waals surface area contributed by atoms with Crippen molar-refractivity contribution < 1.29 is 19.8 Å². The summed E-state index contributed by atoms with van der Waals surface area (Å²) in [6.45, 7) is 15.5. The Balaban J connectivity index is 0.728. The van der Waals surface area contributed by atoms with Gasteiger partial charge in [0.05, 0.1) is 42.0 Å². The zero-order valence-corrected chi connectivity index (χ0v) is 39.3. The summed E-state index contributed by atoms with van der Waals surface area (Å²) in [6, 6.07) is 15.5. The number of amides is 2. The molecular formula is C52H65N11O4. The van der Waals surface area contributed by atoms with Crippen LogP contribution in [0.1, 0.15) is 88.2 Å². The number of nitrogens with one attached hydrogen (secondary N) is 3. The van der Waals surface area contributed by atoms with E-state index in [1.54, 1.807) is 17.0 Å². The summed E-state index contributed by atoms with van der Waals surface area (Å²) < 4.78 is 0. The first-order valence-corrected chi connectivity index (χ1v) is 24.1. The third kappa shape index (κ3) is 10.1. The zero-order valence-electron chi connectivity index (χ0n) is 39.3. The number of phenolic OH excluding ortho intramolecular Hbond substituents is 1. The van der Waals surface area contributed by atoms with Crippen molar-refractivity contribution in [2.45, 2.75) is 97.0 Å². The molecule has 0 saturated carbocycles. The summed E-state index contributed by atoms with van der Waals surface area (Å²) in [7, 11) is 0. The van der Waals surface area contributed by atoms with Gasteiger partial charge in [-0.15, -0.1) is 16.6 Å². The normalized spacial score (nSPS) is 21.3. The lowest BCUT2D eigenvalue weighted by Crippen LogP contribution is -2.57. The highest BCUT2D eigenvalue weighted by atomic mass is 16.3. The van der Waals surface area contributed by atoms with Crippen LogP contribution >= 0.6 is 0 Å². The molecule has 0 unspecified atom stereocenters. The van der Waals surface area contributed by atoms with Crippen LogP contribution in [0.15, 0.2) is 67.0 Å². The van der Waals surface area contributed by atoms with Gasteiger partial charge in [-0.1, -0.05) is 51.0 Å². The summed E-state index contributed by atoms with van der Waals surface area (Å²) in [5, 5.41) is 37.6. The lowest BCUT2D eigenvalue weighted by atomic mass is 9.84. The number of benzene rings is 2. The summed E-state index contributed by atoms with van der Waals surface area (Å²) in [6.07, 6.45) is 14.1. The van der Waals surface area contributed by atoms with Gasteiger partial charge in [-0.05, 0) is 105 Å². The summed E-state index contributed by atoms with van der Waals surface area (Å²) in [4.78, 5) is 49.8. The highest BCUT2D eigenvalue weighted by Crippen LogP contribution is 2.39. The number of aromatic hydroxyl groups is 1. The van der Waals surface area contributed by atoms with Crippen LogP contribution in [0.2, 0.25) is 0 Å². The van der Waals surface area contributed by atoms with Crippen molar-refractivity contribution in [3.8, 4) is 29.4 Å². The summed E-state index contributed by atoms with van der Waals surface area (Å²) in [5.74, 6) is 4.20. The molecule has 3 fully saturated rings. The number of aromatic amines is 1. The van der Waals surface area contributed by atoms with Crippen molar-refractivity contribution in [2.24, 2.45) is 17.3 Å². The first-order chi connectivity index (χ1) is 32.3. The Morgan fingerprint density at radius 2 is 1.67 bits per heavy atom. The number of nitrogens with zero attached hydrogens (tertiary/aromatic N) is 8. The van der Waals surface area contributed by atoms with Gasteiger partial charge in [-0.2, -0.15) is 0 Å². The van der Waals surface area contributed by atoms with Crippen LogP contribution in [-0.2, 0) is 22.6 Å². The molecule has 3 saturated heterocycles. The van der Waals surface area contributed by atoms with Gasteiger partial charge in [0.15, 0.2) is 5.65 Å². The van der Waals surface area contributed by atoms with Crippen molar-refractivity contribution in [2.75, 3.05) is 62.2 Å². The van der Waals surface area contributed by atoms with Crippen LogP contribution in [0.4, 0.5) is 11.6 Å². The molecule has 5 N–H and O–H groups in total. The Hall–Kier alpha value is -6.08. The molecule has 2 aromatic carbocycles. The van der Waals surface area contributed by atoms with Crippen LogP contribution in [-0.4, -0.2) is 128 Å². The topological polar surface area (TPSA) is 179 Å². The minimum absolute atomic E-state index is 0.0210. The van der Waals surface area contributed by atoms with Crippen LogP contribution in [0, 0.1) is 29.6 Å². The molecule has 9 rings (SSSR count). The molecule has 15 nitrogen and oxygen atoms in total. The maximum Gasteiger partial charge on any atom is 0.243 e. The van der Waals surface area contributed by atoms with E-state index in [1.807, 2.05) is 54.9 Å². The number of carbonyl (C=O) groups excluding carboxylic acids is 2. The minimum atomic E-state index is -0.746. The standard InChI is InChI=1S/C52H65N11O4/c1-6-34-11-13-35(14-12-34)28-54-49(66)44-25-39(64)32-63(44)50(67)47(52(3,4)5)53-27-36-15-20-60(21-16-36)31-37-17-22-61(23-18-37)38-29-55-51(56-30-38)62-24-19-42-46(33(62)2)41-26-43(58-59-48(41)57-42)40-9-7-8-10-45(40)65/h1,7-14,26,29-30,33,36-37,39,44,47,53,64-65H,15-25,27-28,31-32H2,2-5H3,(H,54,66)(H,57,59)/t33-,39-,44+,47-/m1/s1. The lowest BCUT2D eigenvalue weighted by Gasteiger charge is -2.39. The van der Waals surface area contributed by atoms with Crippen molar-refractivity contribution in [1.82, 2.24) is 45.6 Å². The van der Waals surface area contributed by atoms with Crippen LogP contribution in [0.5, 0.6) is 5.75 Å². The number of H-pyrrole nitrogens is 1. The van der Waals surface area contributed by atoms with Gasteiger partial charge in [0, 0.05) is 79.9 Å². The Kier molecular flexibility index (Phi) is 13.5. The second-order valence-electron chi connectivity index (χ2n) is 20.2. The predicted octanol–water partition coefficient (Wildman–Crippen LogP) is 5.44. The summed E-state index contributed by atoms with van der Waals surface area (Å²) in [5.41, 5.74) is 6.72. The summed E-state index contributed by atoms with van der Waals surface area (Å²) >= 11 is 0. The Labute approximate surface area is 393 Å². The van der Waals surface area contributed by atoms with Crippen molar-refractivity contribution >= 4 is 34.5 Å². The number of aromatic nitrogens is 5. The van der Waals surface area contributed by atoms with E-state index in [-0.39, 0.29) is 42.0 Å². The number of phenols is 1. The third-order valence-corrected chi connectivity index (χ3v) is 14.6. The fourth-order valence-corrected chi connectivity index (χ4v) is 10.7. The van der Waals surface area contributed by atoms with Crippen LogP contribution in [0.25, 0.3) is 22.3 Å². The monoisotopic (exact) mass is 908 g/mol. The highest BCUT2D eigenvalue weighted by Gasteiger charge is 2.44. The molecule has 7 heterocycles. The predicted molar refractivity (Wildman–Crippen MR) is 260 cm³/mol. The number of hydrogen-bond acceptors (Lipinski definition) is 12. The number of para-hydroxylation sites is 1. The van der Waals surface area contributed by atoms with E-state index in [0.29, 0.717) is 35.6 Å². The van der Waals surface area contributed by atoms with Gasteiger partial charge >= 0.3 is 0 Å². The van der Waals surface area contributed by atoms with Gasteiger partial charge in [0.1, 0.15) is 11.8 Å². The van der Waals surface area contributed by atoms with E-state index in [0.717, 1.165) is 111 Å². The molecule has 0 spiro atoms. The molecule has 4 aliphatic heterocycles. The number of piperidine rings is 2. The van der Waals surface area contributed by atoms with Gasteiger partial charge in [0.2, 0.25) is 17.8 Å². The fraction of sp³-hybridized carbons (Fsp3) is 0.500. The largest absolute Gasteiger partial charge is 0.507 e. The number of terminal acetylenes is 1. The molecule has 4 aliphatic rings. The van der Waals surface area contributed by atoms with Gasteiger partial charge < -0.3 is 45.4 Å². The number of hydrogen-bond donors (Lipinski definition) is 5. The molecule has 67 heavy (non-hydrogen) atoms. The lowest BCUT2D eigenvalue weighted by molar-refractivity contribution is -0.142. The van der Waals surface area contributed by atoms with E-state index in [9.17, 15) is 19.8 Å². The first-order valence-electron chi connectivity index (χ1n) is 24.1. The fourth-order valence-electron chi connectivity index (χ4n) is 10.7. The van der Waals surface area contributed by atoms with Gasteiger partial charge in [-0.3, -0.25) is 9.59 Å². The smallest absolute Gasteiger partial charge is 0.243 e. The van der Waals surface area contributed by atoms with Crippen LogP contribution in [0.3, 0.4) is 0 Å². The second-order valence-corrected chi connectivity index (χ2v) is 20.2. The number of anilines is 2. The molecule has 15 heteroatoms. The van der Waals surface area contributed by atoms with E-state index >= 15 is 0 Å². The van der Waals surface area contributed by atoms with E-state index in [2.05, 4.69) is 74.1 Å². The average Bonchev–Trinajstić information content (AvgIpc) is 3.92. The van der Waals surface area contributed by atoms with Gasteiger partial charge in [0.25, 0.3) is 0 Å². The molecule has 352 valence electrons. The number of carbonyl (C=O) groups is 2. The van der Waals surface area contributed by atoms with Crippen LogP contribution < -0.4 is 20.4 Å². The quantitative estimate of drug-likeness (QED) is 0.100. The Morgan fingerprint density at radius 1 is 0.955 bits per heavy atom.